The first-order valence-electron chi connectivity index (χ1n) is 8.01. The molecule has 1 heterocycles. The summed E-state index contributed by atoms with van der Waals surface area (Å²) >= 11 is 0. The van der Waals surface area contributed by atoms with E-state index in [4.69, 9.17) is 5.73 Å². The molecular weight excluding hydrogens is 256 g/mol. The van der Waals surface area contributed by atoms with Crippen LogP contribution in [0.15, 0.2) is 54.9 Å². The Bertz CT molecular complexity index is 544. The molecule has 1 saturated carbocycles. The molecule has 2 aromatic rings. The van der Waals surface area contributed by atoms with Gasteiger partial charge in [-0.05, 0) is 36.5 Å². The molecule has 1 aromatic heterocycles. The first kappa shape index (κ1) is 14.3. The second-order valence-electron chi connectivity index (χ2n) is 6.25. The lowest BCUT2D eigenvalue weighted by Crippen LogP contribution is -2.48. The van der Waals surface area contributed by atoms with Crippen LogP contribution in [0.2, 0.25) is 0 Å². The topological polar surface area (TPSA) is 38.9 Å². The fourth-order valence-electron chi connectivity index (χ4n) is 3.79. The van der Waals surface area contributed by atoms with Crippen LogP contribution in [-0.2, 0) is 11.8 Å². The summed E-state index contributed by atoms with van der Waals surface area (Å²) < 4.78 is 0. The summed E-state index contributed by atoms with van der Waals surface area (Å²) in [6.07, 6.45) is 11.0. The summed E-state index contributed by atoms with van der Waals surface area (Å²) in [5.41, 5.74) is 9.51. The Morgan fingerprint density at radius 3 is 2.43 bits per heavy atom. The van der Waals surface area contributed by atoms with Crippen LogP contribution in [0.3, 0.4) is 0 Å². The average molecular weight is 280 g/mol. The molecule has 0 bridgehead atoms. The molecule has 1 aromatic carbocycles. The van der Waals surface area contributed by atoms with Gasteiger partial charge in [0.1, 0.15) is 0 Å². The number of hydrogen-bond acceptors (Lipinski definition) is 2. The Labute approximate surface area is 127 Å². The second-order valence-corrected chi connectivity index (χ2v) is 6.25. The van der Waals surface area contributed by atoms with Crippen LogP contribution in [0, 0.1) is 0 Å². The van der Waals surface area contributed by atoms with E-state index in [1.54, 1.807) is 0 Å². The van der Waals surface area contributed by atoms with Crippen molar-refractivity contribution in [3.63, 3.8) is 0 Å². The highest BCUT2D eigenvalue weighted by molar-refractivity contribution is 5.29. The largest absolute Gasteiger partial charge is 0.327 e. The van der Waals surface area contributed by atoms with Crippen molar-refractivity contribution in [3.8, 4) is 0 Å². The Morgan fingerprint density at radius 1 is 1.00 bits per heavy atom. The van der Waals surface area contributed by atoms with Crippen molar-refractivity contribution >= 4 is 0 Å². The van der Waals surface area contributed by atoms with Crippen molar-refractivity contribution in [3.05, 3.63) is 66.0 Å². The molecule has 1 aliphatic rings. The zero-order valence-corrected chi connectivity index (χ0v) is 12.5. The molecule has 0 saturated heterocycles. The zero-order chi connectivity index (χ0) is 14.5. The average Bonchev–Trinajstić information content (AvgIpc) is 2.57. The van der Waals surface area contributed by atoms with E-state index in [0.29, 0.717) is 0 Å². The molecule has 110 valence electrons. The van der Waals surface area contributed by atoms with Crippen LogP contribution in [0.1, 0.15) is 43.2 Å². The van der Waals surface area contributed by atoms with Gasteiger partial charge >= 0.3 is 0 Å². The summed E-state index contributed by atoms with van der Waals surface area (Å²) in [4.78, 5) is 4.22. The van der Waals surface area contributed by atoms with E-state index in [9.17, 15) is 0 Å². The third-order valence-corrected chi connectivity index (χ3v) is 4.98. The van der Waals surface area contributed by atoms with Crippen molar-refractivity contribution < 1.29 is 0 Å². The molecule has 1 fully saturated rings. The van der Waals surface area contributed by atoms with Crippen LogP contribution in [0.25, 0.3) is 0 Å². The molecule has 3 rings (SSSR count). The highest BCUT2D eigenvalue weighted by Gasteiger charge is 2.39. The van der Waals surface area contributed by atoms with Gasteiger partial charge < -0.3 is 5.73 Å². The van der Waals surface area contributed by atoms with Crippen molar-refractivity contribution in [2.24, 2.45) is 5.73 Å². The summed E-state index contributed by atoms with van der Waals surface area (Å²) in [5.74, 6) is 0. The van der Waals surface area contributed by atoms with E-state index in [0.717, 1.165) is 6.42 Å². The fourth-order valence-corrected chi connectivity index (χ4v) is 3.79. The third-order valence-electron chi connectivity index (χ3n) is 4.98. The van der Waals surface area contributed by atoms with Crippen LogP contribution in [0.4, 0.5) is 0 Å². The van der Waals surface area contributed by atoms with E-state index in [1.807, 2.05) is 18.5 Å². The first-order valence-corrected chi connectivity index (χ1v) is 8.01. The Balaban J connectivity index is 1.88. The molecule has 2 heteroatoms. The van der Waals surface area contributed by atoms with Crippen molar-refractivity contribution in [2.45, 2.75) is 50.0 Å². The molecule has 1 atom stereocenters. The number of aromatic nitrogens is 1. The number of benzene rings is 1. The Kier molecular flexibility index (Phi) is 4.35. The first-order chi connectivity index (χ1) is 10.3. The monoisotopic (exact) mass is 280 g/mol. The summed E-state index contributed by atoms with van der Waals surface area (Å²) in [6.45, 7) is 0. The molecule has 0 radical (unpaired) electrons. The lowest BCUT2D eigenvalue weighted by atomic mass is 9.64. The SMILES string of the molecule is NC(Cc1cccnc1)C1(c2ccccc2)CCCCC1. The molecule has 1 aliphatic carbocycles. The minimum atomic E-state index is 0.134. The molecule has 2 nitrogen and oxygen atoms in total. The lowest BCUT2D eigenvalue weighted by molar-refractivity contribution is 0.241. The van der Waals surface area contributed by atoms with Gasteiger partial charge in [0.15, 0.2) is 0 Å². The molecular formula is C19H24N2. The fraction of sp³-hybridized carbons (Fsp3) is 0.421. The lowest BCUT2D eigenvalue weighted by Gasteiger charge is -2.43. The predicted molar refractivity (Wildman–Crippen MR) is 87.1 cm³/mol. The number of nitrogens with zero attached hydrogens (tertiary/aromatic N) is 1. The minimum absolute atomic E-state index is 0.134. The molecule has 1 unspecified atom stereocenters. The Hall–Kier alpha value is -1.67. The van der Waals surface area contributed by atoms with Crippen molar-refractivity contribution in [2.75, 3.05) is 0 Å². The van der Waals surface area contributed by atoms with Gasteiger partial charge in [-0.1, -0.05) is 55.7 Å². The van der Waals surface area contributed by atoms with Crippen molar-refractivity contribution in [1.82, 2.24) is 4.98 Å². The Morgan fingerprint density at radius 2 is 1.76 bits per heavy atom. The van der Waals surface area contributed by atoms with Crippen LogP contribution in [0.5, 0.6) is 0 Å². The maximum absolute atomic E-state index is 6.72. The molecule has 21 heavy (non-hydrogen) atoms. The van der Waals surface area contributed by atoms with Gasteiger partial charge in [-0.15, -0.1) is 0 Å². The smallest absolute Gasteiger partial charge is 0.0300 e. The van der Waals surface area contributed by atoms with E-state index in [-0.39, 0.29) is 11.5 Å². The van der Waals surface area contributed by atoms with Crippen LogP contribution < -0.4 is 5.73 Å². The quantitative estimate of drug-likeness (QED) is 0.923. The van der Waals surface area contributed by atoms with E-state index < -0.39 is 0 Å². The summed E-state index contributed by atoms with van der Waals surface area (Å²) in [5, 5.41) is 0. The van der Waals surface area contributed by atoms with Crippen molar-refractivity contribution in [1.29, 1.82) is 0 Å². The molecule has 0 spiro atoms. The predicted octanol–water partition coefficient (Wildman–Crippen LogP) is 3.85. The highest BCUT2D eigenvalue weighted by atomic mass is 14.7. The number of rotatable bonds is 4. The van der Waals surface area contributed by atoms with Gasteiger partial charge in [0.05, 0.1) is 0 Å². The number of pyridine rings is 1. The van der Waals surface area contributed by atoms with Gasteiger partial charge in [0.25, 0.3) is 0 Å². The second kappa shape index (κ2) is 6.40. The van der Waals surface area contributed by atoms with Crippen LogP contribution in [-0.4, -0.2) is 11.0 Å². The molecule has 0 amide bonds. The summed E-state index contributed by atoms with van der Waals surface area (Å²) in [7, 11) is 0. The maximum Gasteiger partial charge on any atom is 0.0300 e. The standard InChI is InChI=1S/C19H24N2/c20-18(14-16-8-7-13-21-15-16)19(11-5-2-6-12-19)17-9-3-1-4-10-17/h1,3-4,7-10,13,15,18H,2,5-6,11-12,14,20H2. The van der Waals surface area contributed by atoms with Gasteiger partial charge in [0.2, 0.25) is 0 Å². The van der Waals surface area contributed by atoms with E-state index in [2.05, 4.69) is 41.4 Å². The maximum atomic E-state index is 6.72. The van der Waals surface area contributed by atoms with E-state index >= 15 is 0 Å². The number of nitrogens with two attached hydrogens (primary N) is 1. The van der Waals surface area contributed by atoms with Gasteiger partial charge in [-0.25, -0.2) is 0 Å². The van der Waals surface area contributed by atoms with Gasteiger partial charge in [0, 0.05) is 23.9 Å². The molecule has 2 N–H and O–H groups in total. The minimum Gasteiger partial charge on any atom is -0.327 e. The normalized spacial score (nSPS) is 19.1. The van der Waals surface area contributed by atoms with E-state index in [1.165, 1.54) is 43.2 Å². The number of hydrogen-bond donors (Lipinski definition) is 1. The molecule has 0 aliphatic heterocycles. The zero-order valence-electron chi connectivity index (χ0n) is 12.5. The van der Waals surface area contributed by atoms with Crippen LogP contribution >= 0.6 is 0 Å². The van der Waals surface area contributed by atoms with Gasteiger partial charge in [-0.2, -0.15) is 0 Å². The van der Waals surface area contributed by atoms with Gasteiger partial charge in [-0.3, -0.25) is 4.98 Å². The summed E-state index contributed by atoms with van der Waals surface area (Å²) in [6, 6.07) is 15.2. The highest BCUT2D eigenvalue weighted by Crippen LogP contribution is 2.42. The third kappa shape index (κ3) is 3.01.